The summed E-state index contributed by atoms with van der Waals surface area (Å²) >= 11 is 0. The van der Waals surface area contributed by atoms with Crippen molar-refractivity contribution in [3.8, 4) is 0 Å². The number of benzene rings is 1. The van der Waals surface area contributed by atoms with Crippen LogP contribution in [0.4, 0.5) is 11.4 Å². The molecule has 1 heterocycles. The van der Waals surface area contributed by atoms with Crippen LogP contribution < -0.4 is 10.6 Å². The van der Waals surface area contributed by atoms with Crippen LogP contribution >= 0.6 is 0 Å². The number of nitrogens with two attached hydrogens (primary N) is 1. The van der Waals surface area contributed by atoms with Crippen LogP contribution in [0.1, 0.15) is 21.5 Å². The molecule has 0 fully saturated rings. The van der Waals surface area contributed by atoms with Gasteiger partial charge in [-0.1, -0.05) is 17.7 Å². The lowest BCUT2D eigenvalue weighted by Gasteiger charge is -2.20. The first-order valence-electron chi connectivity index (χ1n) is 6.05. The molecule has 0 aliphatic rings. The van der Waals surface area contributed by atoms with Crippen molar-refractivity contribution >= 4 is 17.3 Å². The van der Waals surface area contributed by atoms with Crippen molar-refractivity contribution in [3.05, 3.63) is 53.3 Å². The molecule has 0 aliphatic heterocycles. The molecule has 98 valence electrons. The monoisotopic (exact) mass is 255 g/mol. The van der Waals surface area contributed by atoms with E-state index in [1.165, 1.54) is 11.8 Å². The van der Waals surface area contributed by atoms with Gasteiger partial charge in [0.2, 0.25) is 0 Å². The largest absolute Gasteiger partial charge is 0.398 e. The normalized spacial score (nSPS) is 10.3. The second-order valence-corrected chi connectivity index (χ2v) is 4.62. The molecule has 19 heavy (non-hydrogen) atoms. The Morgan fingerprint density at radius 2 is 2.00 bits per heavy atom. The highest BCUT2D eigenvalue weighted by Gasteiger charge is 2.17. The van der Waals surface area contributed by atoms with Crippen molar-refractivity contribution in [1.29, 1.82) is 0 Å². The number of aryl methyl sites for hydroxylation is 2. The number of carbonyl (C=O) groups excluding carboxylic acids is 1. The first-order valence-corrected chi connectivity index (χ1v) is 6.05. The molecule has 1 amide bonds. The zero-order valence-electron chi connectivity index (χ0n) is 11.3. The van der Waals surface area contributed by atoms with Crippen LogP contribution in [0.3, 0.4) is 0 Å². The standard InChI is InChI=1S/C15H17N3O/c1-10-4-5-14(11(2)8-10)18(3)15(19)12-9-17-7-6-13(12)16/h4-9H,1-3H3,(H2,16,17). The van der Waals surface area contributed by atoms with Crippen LogP contribution in [-0.4, -0.2) is 17.9 Å². The van der Waals surface area contributed by atoms with E-state index in [-0.39, 0.29) is 5.91 Å². The maximum Gasteiger partial charge on any atom is 0.261 e. The van der Waals surface area contributed by atoms with Crippen LogP contribution in [0.25, 0.3) is 0 Å². The van der Waals surface area contributed by atoms with Crippen molar-refractivity contribution in [2.24, 2.45) is 0 Å². The highest BCUT2D eigenvalue weighted by Crippen LogP contribution is 2.22. The SMILES string of the molecule is Cc1ccc(N(C)C(=O)c2cnccc2N)c(C)c1. The fourth-order valence-electron chi connectivity index (χ4n) is 2.06. The van der Waals surface area contributed by atoms with Crippen molar-refractivity contribution in [3.63, 3.8) is 0 Å². The highest BCUT2D eigenvalue weighted by molar-refractivity contribution is 6.09. The molecule has 2 aromatic rings. The molecule has 0 radical (unpaired) electrons. The third kappa shape index (κ3) is 2.57. The Balaban J connectivity index is 2.37. The number of rotatable bonds is 2. The molecule has 0 atom stereocenters. The third-order valence-electron chi connectivity index (χ3n) is 3.10. The first kappa shape index (κ1) is 13.1. The van der Waals surface area contributed by atoms with Gasteiger partial charge in [0.05, 0.1) is 5.56 Å². The lowest BCUT2D eigenvalue weighted by atomic mass is 10.1. The second kappa shape index (κ2) is 5.10. The summed E-state index contributed by atoms with van der Waals surface area (Å²) in [4.78, 5) is 18.0. The van der Waals surface area contributed by atoms with Gasteiger partial charge >= 0.3 is 0 Å². The molecule has 0 saturated carbocycles. The van der Waals surface area contributed by atoms with Gasteiger partial charge in [-0.15, -0.1) is 0 Å². The molecule has 2 rings (SSSR count). The van der Waals surface area contributed by atoms with E-state index >= 15 is 0 Å². The van der Waals surface area contributed by atoms with E-state index in [2.05, 4.69) is 4.98 Å². The second-order valence-electron chi connectivity index (χ2n) is 4.62. The van der Waals surface area contributed by atoms with E-state index in [1.807, 2.05) is 32.0 Å². The fourth-order valence-corrected chi connectivity index (χ4v) is 2.06. The van der Waals surface area contributed by atoms with Crippen LogP contribution in [0, 0.1) is 13.8 Å². The highest BCUT2D eigenvalue weighted by atomic mass is 16.2. The Hall–Kier alpha value is -2.36. The predicted octanol–water partition coefficient (Wildman–Crippen LogP) is 2.56. The van der Waals surface area contributed by atoms with Gasteiger partial charge in [0.25, 0.3) is 5.91 Å². The number of nitrogen functional groups attached to an aromatic ring is 1. The number of hydrogen-bond donors (Lipinski definition) is 1. The molecule has 4 nitrogen and oxygen atoms in total. The van der Waals surface area contributed by atoms with Crippen molar-refractivity contribution in [2.45, 2.75) is 13.8 Å². The quantitative estimate of drug-likeness (QED) is 0.897. The topological polar surface area (TPSA) is 59.2 Å². The van der Waals surface area contributed by atoms with Gasteiger partial charge in [-0.25, -0.2) is 0 Å². The number of hydrogen-bond acceptors (Lipinski definition) is 3. The average molecular weight is 255 g/mol. The van der Waals surface area contributed by atoms with Crippen LogP contribution in [-0.2, 0) is 0 Å². The molecule has 1 aromatic heterocycles. The Labute approximate surface area is 112 Å². The summed E-state index contributed by atoms with van der Waals surface area (Å²) in [6.07, 6.45) is 3.07. The minimum atomic E-state index is -0.155. The van der Waals surface area contributed by atoms with Gasteiger partial charge in [0.15, 0.2) is 0 Å². The minimum absolute atomic E-state index is 0.155. The number of amides is 1. The Bertz CT molecular complexity index is 623. The molecule has 0 unspecified atom stereocenters. The predicted molar refractivity (Wildman–Crippen MR) is 77.3 cm³/mol. The Morgan fingerprint density at radius 1 is 1.26 bits per heavy atom. The van der Waals surface area contributed by atoms with Gasteiger partial charge in [0.1, 0.15) is 0 Å². The molecule has 0 aliphatic carbocycles. The van der Waals surface area contributed by atoms with Crippen molar-refractivity contribution in [1.82, 2.24) is 4.98 Å². The number of anilines is 2. The fraction of sp³-hybridized carbons (Fsp3) is 0.200. The van der Waals surface area contributed by atoms with Gasteiger partial charge < -0.3 is 10.6 Å². The summed E-state index contributed by atoms with van der Waals surface area (Å²) in [6, 6.07) is 7.60. The van der Waals surface area contributed by atoms with Crippen molar-refractivity contribution < 1.29 is 4.79 Å². The molecule has 2 N–H and O–H groups in total. The molecule has 0 saturated heterocycles. The lowest BCUT2D eigenvalue weighted by molar-refractivity contribution is 0.0993. The van der Waals surface area contributed by atoms with E-state index < -0.39 is 0 Å². The molecule has 1 aromatic carbocycles. The van der Waals surface area contributed by atoms with Crippen LogP contribution in [0.5, 0.6) is 0 Å². The third-order valence-corrected chi connectivity index (χ3v) is 3.10. The van der Waals surface area contributed by atoms with Crippen molar-refractivity contribution in [2.75, 3.05) is 17.7 Å². The maximum absolute atomic E-state index is 12.4. The number of nitrogens with zero attached hydrogens (tertiary/aromatic N) is 2. The van der Waals surface area contributed by atoms with Crippen LogP contribution in [0.2, 0.25) is 0 Å². The van der Waals surface area contributed by atoms with E-state index in [9.17, 15) is 4.79 Å². The lowest BCUT2D eigenvalue weighted by Crippen LogP contribution is -2.27. The summed E-state index contributed by atoms with van der Waals surface area (Å²) < 4.78 is 0. The molecule has 4 heteroatoms. The van der Waals surface area contributed by atoms with E-state index in [1.54, 1.807) is 24.2 Å². The summed E-state index contributed by atoms with van der Waals surface area (Å²) in [7, 11) is 1.74. The van der Waals surface area contributed by atoms with E-state index in [0.717, 1.165) is 11.3 Å². The summed E-state index contributed by atoms with van der Waals surface area (Å²) in [5, 5.41) is 0. The van der Waals surface area contributed by atoms with Gasteiger partial charge in [-0.3, -0.25) is 9.78 Å². The van der Waals surface area contributed by atoms with Crippen LogP contribution in [0.15, 0.2) is 36.7 Å². The van der Waals surface area contributed by atoms with Gasteiger partial charge in [-0.05, 0) is 31.5 Å². The number of carbonyl (C=O) groups is 1. The average Bonchev–Trinajstić information content (AvgIpc) is 2.38. The van der Waals surface area contributed by atoms with E-state index in [4.69, 9.17) is 5.73 Å². The molecular weight excluding hydrogens is 238 g/mol. The van der Waals surface area contributed by atoms with Gasteiger partial charge in [0, 0.05) is 30.8 Å². The van der Waals surface area contributed by atoms with Gasteiger partial charge in [-0.2, -0.15) is 0 Å². The molecule has 0 spiro atoms. The zero-order chi connectivity index (χ0) is 14.0. The first-order chi connectivity index (χ1) is 9.00. The smallest absolute Gasteiger partial charge is 0.261 e. The summed E-state index contributed by atoms with van der Waals surface area (Å²) in [5.41, 5.74) is 9.77. The number of pyridine rings is 1. The number of aromatic nitrogens is 1. The summed E-state index contributed by atoms with van der Waals surface area (Å²) in [6.45, 7) is 4.01. The maximum atomic E-state index is 12.4. The Morgan fingerprint density at radius 3 is 2.63 bits per heavy atom. The van der Waals surface area contributed by atoms with E-state index in [0.29, 0.717) is 11.3 Å². The summed E-state index contributed by atoms with van der Waals surface area (Å²) in [5.74, 6) is -0.155. The Kier molecular flexibility index (Phi) is 3.51. The molecular formula is C15H17N3O. The molecule has 0 bridgehead atoms. The minimum Gasteiger partial charge on any atom is -0.398 e. The zero-order valence-corrected chi connectivity index (χ0v) is 11.3.